The Bertz CT molecular complexity index is 700. The number of allylic oxidation sites excluding steroid dienone is 1. The fraction of sp³-hybridized carbons (Fsp3) is 0.444. The lowest BCUT2D eigenvalue weighted by atomic mass is 9.94. The molecule has 25 heavy (non-hydrogen) atoms. The Kier molecular flexibility index (Phi) is 5.65. The summed E-state index contributed by atoms with van der Waals surface area (Å²) in [5.74, 6) is 0.708. The monoisotopic (exact) mass is 361 g/mol. The lowest BCUT2D eigenvalue weighted by Gasteiger charge is -2.40. The Balaban J connectivity index is 1.98. The van der Waals surface area contributed by atoms with Gasteiger partial charge in [-0.15, -0.1) is 0 Å². The van der Waals surface area contributed by atoms with Gasteiger partial charge in [0.2, 0.25) is 0 Å². The van der Waals surface area contributed by atoms with Gasteiger partial charge in [0.1, 0.15) is 6.61 Å². The van der Waals surface area contributed by atoms with Crippen molar-refractivity contribution in [3.05, 3.63) is 41.1 Å². The van der Waals surface area contributed by atoms with Gasteiger partial charge in [0.15, 0.2) is 5.17 Å². The van der Waals surface area contributed by atoms with Gasteiger partial charge in [-0.3, -0.25) is 0 Å². The number of anilines is 1. The van der Waals surface area contributed by atoms with Gasteiger partial charge in [-0.2, -0.15) is 0 Å². The number of ether oxygens (including phenoxy) is 2. The molecule has 3 rings (SSSR count). The van der Waals surface area contributed by atoms with Crippen LogP contribution in [0, 0.1) is 0 Å². The second-order valence-electron chi connectivity index (χ2n) is 5.99. The van der Waals surface area contributed by atoms with E-state index >= 15 is 0 Å². The Labute approximate surface area is 152 Å². The number of nitrogens with zero attached hydrogens (tertiary/aromatic N) is 2. The predicted molar refractivity (Wildman–Crippen MR) is 100 cm³/mol. The molecule has 0 amide bonds. The molecule has 1 fully saturated rings. The van der Waals surface area contributed by atoms with Gasteiger partial charge in [0.25, 0.3) is 0 Å². The number of hydrogen-bond donors (Lipinski definition) is 1. The van der Waals surface area contributed by atoms with Crippen LogP contribution < -0.4 is 5.73 Å². The van der Waals surface area contributed by atoms with E-state index in [0.717, 1.165) is 29.4 Å². The molecule has 0 saturated carbocycles. The van der Waals surface area contributed by atoms with Gasteiger partial charge < -0.3 is 20.1 Å². The third-order valence-electron chi connectivity index (χ3n) is 4.25. The van der Waals surface area contributed by atoms with E-state index < -0.39 is 0 Å². The van der Waals surface area contributed by atoms with Gasteiger partial charge in [-0.05, 0) is 31.0 Å². The van der Waals surface area contributed by atoms with E-state index in [2.05, 4.69) is 9.89 Å². The number of nitrogen functional groups attached to an aromatic ring is 1. The fourth-order valence-corrected chi connectivity index (χ4v) is 4.07. The van der Waals surface area contributed by atoms with E-state index in [4.69, 9.17) is 15.2 Å². The zero-order chi connectivity index (χ0) is 17.8. The molecule has 0 spiro atoms. The van der Waals surface area contributed by atoms with Gasteiger partial charge >= 0.3 is 5.97 Å². The molecule has 134 valence electrons. The average molecular weight is 361 g/mol. The summed E-state index contributed by atoms with van der Waals surface area (Å²) in [6.07, 6.45) is 1.06. The normalized spacial score (nSPS) is 20.2. The van der Waals surface area contributed by atoms with Gasteiger partial charge in [0.05, 0.1) is 23.9 Å². The predicted octanol–water partition coefficient (Wildman–Crippen LogP) is 2.58. The maximum absolute atomic E-state index is 12.7. The van der Waals surface area contributed by atoms with Crippen LogP contribution in [-0.2, 0) is 14.3 Å². The number of carbonyl (C=O) groups is 1. The Morgan fingerprint density at radius 3 is 2.84 bits per heavy atom. The largest absolute Gasteiger partial charge is 0.460 e. The molecule has 1 aromatic rings. The highest BCUT2D eigenvalue weighted by Crippen LogP contribution is 2.39. The van der Waals surface area contributed by atoms with Crippen molar-refractivity contribution in [2.75, 3.05) is 38.4 Å². The summed E-state index contributed by atoms with van der Waals surface area (Å²) < 4.78 is 10.4. The molecule has 0 unspecified atom stereocenters. The minimum atomic E-state index is -0.338. The number of nitrogens with two attached hydrogens (primary N) is 1. The Hall–Kier alpha value is -1.99. The van der Waals surface area contributed by atoms with Gasteiger partial charge in [-0.25, -0.2) is 9.79 Å². The maximum Gasteiger partial charge on any atom is 0.338 e. The zero-order valence-electron chi connectivity index (χ0n) is 14.5. The van der Waals surface area contributed by atoms with E-state index in [9.17, 15) is 4.79 Å². The lowest BCUT2D eigenvalue weighted by Crippen LogP contribution is -2.42. The van der Waals surface area contributed by atoms with E-state index in [1.807, 2.05) is 31.2 Å². The van der Waals surface area contributed by atoms with Crippen molar-refractivity contribution >= 4 is 28.6 Å². The Morgan fingerprint density at radius 1 is 1.36 bits per heavy atom. The Morgan fingerprint density at radius 2 is 2.12 bits per heavy atom. The number of rotatable bonds is 5. The van der Waals surface area contributed by atoms with Crippen LogP contribution in [0.25, 0.3) is 0 Å². The lowest BCUT2D eigenvalue weighted by molar-refractivity contribution is -0.141. The summed E-state index contributed by atoms with van der Waals surface area (Å²) in [6, 6.07) is 7.47. The number of esters is 1. The fourth-order valence-electron chi connectivity index (χ4n) is 3.05. The van der Waals surface area contributed by atoms with Crippen LogP contribution in [0.3, 0.4) is 0 Å². The van der Waals surface area contributed by atoms with E-state index in [1.165, 1.54) is 0 Å². The topological polar surface area (TPSA) is 77.2 Å². The molecule has 2 N–H and O–H groups in total. The van der Waals surface area contributed by atoms with Crippen LogP contribution in [0.5, 0.6) is 0 Å². The van der Waals surface area contributed by atoms with Gasteiger partial charge in [-0.1, -0.05) is 23.9 Å². The summed E-state index contributed by atoms with van der Waals surface area (Å²) in [7, 11) is 1.58. The smallest absolute Gasteiger partial charge is 0.338 e. The third kappa shape index (κ3) is 3.82. The van der Waals surface area contributed by atoms with E-state index in [1.54, 1.807) is 18.9 Å². The number of amidine groups is 1. The molecule has 1 saturated heterocycles. The summed E-state index contributed by atoms with van der Waals surface area (Å²) in [4.78, 5) is 19.6. The third-order valence-corrected chi connectivity index (χ3v) is 5.33. The first-order valence-corrected chi connectivity index (χ1v) is 9.30. The van der Waals surface area contributed by atoms with E-state index in [-0.39, 0.29) is 18.6 Å². The van der Waals surface area contributed by atoms with Crippen molar-refractivity contribution in [2.45, 2.75) is 19.4 Å². The molecule has 7 heteroatoms. The molecule has 1 atom stereocenters. The van der Waals surface area contributed by atoms with Crippen molar-refractivity contribution < 1.29 is 14.3 Å². The number of hydrogen-bond acceptors (Lipinski definition) is 7. The first-order chi connectivity index (χ1) is 12.1. The molecule has 6 nitrogen and oxygen atoms in total. The van der Waals surface area contributed by atoms with Crippen molar-refractivity contribution in [3.8, 4) is 0 Å². The van der Waals surface area contributed by atoms with Crippen molar-refractivity contribution in [2.24, 2.45) is 4.99 Å². The molecule has 0 aromatic heterocycles. The molecular formula is C18H23N3O3S. The van der Waals surface area contributed by atoms with E-state index in [0.29, 0.717) is 23.6 Å². The summed E-state index contributed by atoms with van der Waals surface area (Å²) in [6.45, 7) is 3.34. The summed E-state index contributed by atoms with van der Waals surface area (Å²) >= 11 is 1.73. The molecule has 1 aromatic carbocycles. The number of methoxy groups -OCH3 is 1. The SMILES string of the molecule is COCCOC(=O)C1=C(C)N=C2SCCCN2[C@H]1c1ccc(N)cc1. The molecule has 2 aliphatic rings. The first-order valence-electron chi connectivity index (χ1n) is 8.32. The van der Waals surface area contributed by atoms with Gasteiger partial charge in [0, 0.05) is 25.1 Å². The quantitative estimate of drug-likeness (QED) is 0.493. The highest BCUT2D eigenvalue weighted by molar-refractivity contribution is 8.13. The minimum Gasteiger partial charge on any atom is -0.460 e. The number of benzene rings is 1. The summed E-state index contributed by atoms with van der Waals surface area (Å²) in [5, 5.41) is 0.971. The van der Waals surface area contributed by atoms with Crippen LogP contribution in [0.2, 0.25) is 0 Å². The molecule has 0 aliphatic carbocycles. The first kappa shape index (κ1) is 17.8. The minimum absolute atomic E-state index is 0.198. The second kappa shape index (κ2) is 7.93. The van der Waals surface area contributed by atoms with Crippen molar-refractivity contribution in [1.82, 2.24) is 4.90 Å². The molecule has 2 heterocycles. The number of fused-ring (bicyclic) bond motifs is 1. The maximum atomic E-state index is 12.7. The van der Waals surface area contributed by atoms with Crippen LogP contribution >= 0.6 is 11.8 Å². The van der Waals surface area contributed by atoms with Crippen LogP contribution in [0.1, 0.15) is 24.9 Å². The average Bonchev–Trinajstić information content (AvgIpc) is 2.61. The van der Waals surface area contributed by atoms with Crippen LogP contribution in [0.4, 0.5) is 5.69 Å². The van der Waals surface area contributed by atoms with Crippen molar-refractivity contribution in [1.29, 1.82) is 0 Å². The highest BCUT2D eigenvalue weighted by atomic mass is 32.2. The number of carbonyl (C=O) groups excluding carboxylic acids is 1. The standard InChI is InChI=1S/C18H23N3O3S/c1-12-15(17(22)24-10-9-23-2)16(13-4-6-14(19)7-5-13)21-8-3-11-25-18(21)20-12/h4-7,16H,3,8-11,19H2,1-2H3/t16-/m0/s1. The summed E-state index contributed by atoms with van der Waals surface area (Å²) in [5.41, 5.74) is 8.85. The van der Waals surface area contributed by atoms with Crippen molar-refractivity contribution in [3.63, 3.8) is 0 Å². The number of aliphatic imine (C=N–C) groups is 1. The molecule has 2 aliphatic heterocycles. The second-order valence-corrected chi connectivity index (χ2v) is 7.05. The molecule has 0 radical (unpaired) electrons. The van der Waals surface area contributed by atoms with Crippen LogP contribution in [-0.4, -0.2) is 48.7 Å². The molecular weight excluding hydrogens is 338 g/mol. The highest BCUT2D eigenvalue weighted by Gasteiger charge is 2.37. The zero-order valence-corrected chi connectivity index (χ0v) is 15.3. The van der Waals surface area contributed by atoms with Crippen LogP contribution in [0.15, 0.2) is 40.5 Å². The molecule has 0 bridgehead atoms. The number of thioether (sulfide) groups is 1.